The van der Waals surface area contributed by atoms with Gasteiger partial charge in [-0.2, -0.15) is 0 Å². The van der Waals surface area contributed by atoms with Crippen molar-refractivity contribution in [2.24, 2.45) is 5.73 Å². The minimum atomic E-state index is 0.937. The molecule has 0 aromatic heterocycles. The average molecular weight is 123 g/mol. The molecule has 0 amide bonds. The van der Waals surface area contributed by atoms with Crippen LogP contribution in [0.2, 0.25) is 0 Å². The van der Waals surface area contributed by atoms with Crippen molar-refractivity contribution in [2.45, 2.75) is 6.42 Å². The summed E-state index contributed by atoms with van der Waals surface area (Å²) in [6.07, 6.45) is 2.92. The second-order valence-electron chi connectivity index (χ2n) is 2.39. The van der Waals surface area contributed by atoms with Crippen LogP contribution >= 0.6 is 0 Å². The number of hydrogen-bond donors (Lipinski definition) is 3. The topological polar surface area (TPSA) is 50.1 Å². The van der Waals surface area contributed by atoms with Crippen molar-refractivity contribution in [2.75, 3.05) is 6.54 Å². The highest BCUT2D eigenvalue weighted by molar-refractivity contribution is 5.39. The van der Waals surface area contributed by atoms with Crippen LogP contribution in [-0.4, -0.2) is 6.54 Å². The first-order valence-corrected chi connectivity index (χ1v) is 3.03. The third-order valence-electron chi connectivity index (χ3n) is 1.65. The first-order valence-electron chi connectivity index (χ1n) is 3.03. The number of hydrazine groups is 1. The number of nitrogens with one attached hydrogen (secondary N) is 2. The van der Waals surface area contributed by atoms with Crippen molar-refractivity contribution >= 4 is 0 Å². The Morgan fingerprint density at radius 1 is 1.56 bits per heavy atom. The molecule has 3 nitrogen and oxygen atoms in total. The molecule has 0 saturated carbocycles. The zero-order valence-corrected chi connectivity index (χ0v) is 5.07. The number of hydrogen-bond acceptors (Lipinski definition) is 3. The SMILES string of the molecule is NC1=CC2=C(CNN2)C1. The lowest BCUT2D eigenvalue weighted by atomic mass is 10.2. The van der Waals surface area contributed by atoms with E-state index < -0.39 is 0 Å². The maximum Gasteiger partial charge on any atom is 0.0514 e. The molecule has 0 aromatic rings. The molecular formula is C6H9N3. The summed E-state index contributed by atoms with van der Waals surface area (Å²) in [5.74, 6) is 0. The largest absolute Gasteiger partial charge is 0.402 e. The van der Waals surface area contributed by atoms with Gasteiger partial charge in [0.05, 0.1) is 5.70 Å². The summed E-state index contributed by atoms with van der Waals surface area (Å²) >= 11 is 0. The number of nitrogens with two attached hydrogens (primary N) is 1. The average Bonchev–Trinajstić information content (AvgIpc) is 2.22. The van der Waals surface area contributed by atoms with E-state index in [-0.39, 0.29) is 0 Å². The minimum absolute atomic E-state index is 0.937. The molecule has 9 heavy (non-hydrogen) atoms. The van der Waals surface area contributed by atoms with E-state index in [0.29, 0.717) is 0 Å². The fourth-order valence-electron chi connectivity index (χ4n) is 1.21. The van der Waals surface area contributed by atoms with Gasteiger partial charge in [0.2, 0.25) is 0 Å². The molecule has 0 saturated heterocycles. The Bertz CT molecular complexity index is 202. The number of rotatable bonds is 0. The molecule has 0 fully saturated rings. The van der Waals surface area contributed by atoms with E-state index >= 15 is 0 Å². The molecule has 0 aromatic carbocycles. The third kappa shape index (κ3) is 0.616. The molecule has 0 radical (unpaired) electrons. The molecule has 0 bridgehead atoms. The van der Waals surface area contributed by atoms with Gasteiger partial charge >= 0.3 is 0 Å². The fraction of sp³-hybridized carbons (Fsp3) is 0.333. The van der Waals surface area contributed by atoms with Gasteiger partial charge in [0, 0.05) is 18.7 Å². The van der Waals surface area contributed by atoms with Crippen molar-refractivity contribution in [3.63, 3.8) is 0 Å². The molecule has 1 aliphatic heterocycles. The fourth-order valence-corrected chi connectivity index (χ4v) is 1.21. The van der Waals surface area contributed by atoms with Gasteiger partial charge in [0.25, 0.3) is 0 Å². The Morgan fingerprint density at radius 3 is 3.22 bits per heavy atom. The highest BCUT2D eigenvalue weighted by atomic mass is 15.4. The molecule has 1 aliphatic carbocycles. The van der Waals surface area contributed by atoms with Crippen LogP contribution in [0.5, 0.6) is 0 Å². The molecule has 4 N–H and O–H groups in total. The lowest BCUT2D eigenvalue weighted by Crippen LogP contribution is -2.24. The Hall–Kier alpha value is -0.960. The summed E-state index contributed by atoms with van der Waals surface area (Å²) in [6.45, 7) is 0.937. The van der Waals surface area contributed by atoms with Gasteiger partial charge in [-0.25, -0.2) is 5.43 Å². The second kappa shape index (κ2) is 1.51. The molecule has 3 heteroatoms. The molecule has 0 atom stereocenters. The predicted molar refractivity (Wildman–Crippen MR) is 35.1 cm³/mol. The van der Waals surface area contributed by atoms with Crippen molar-refractivity contribution in [3.8, 4) is 0 Å². The van der Waals surface area contributed by atoms with Gasteiger partial charge in [-0.15, -0.1) is 0 Å². The van der Waals surface area contributed by atoms with E-state index in [2.05, 4.69) is 10.9 Å². The van der Waals surface area contributed by atoms with Gasteiger partial charge in [-0.05, 0) is 11.6 Å². The molecule has 48 valence electrons. The molecule has 2 rings (SSSR count). The molecule has 0 unspecified atom stereocenters. The maximum absolute atomic E-state index is 5.58. The van der Waals surface area contributed by atoms with E-state index in [1.807, 2.05) is 6.08 Å². The van der Waals surface area contributed by atoms with Crippen molar-refractivity contribution in [1.82, 2.24) is 10.9 Å². The van der Waals surface area contributed by atoms with E-state index in [4.69, 9.17) is 5.73 Å². The summed E-state index contributed by atoms with van der Waals surface area (Å²) in [7, 11) is 0. The highest BCUT2D eigenvalue weighted by Gasteiger charge is 2.17. The first kappa shape index (κ1) is 4.88. The molecule has 2 aliphatic rings. The Balaban J connectivity index is 2.28. The zero-order chi connectivity index (χ0) is 6.27. The van der Waals surface area contributed by atoms with Crippen LogP contribution in [0, 0.1) is 0 Å². The van der Waals surface area contributed by atoms with Crippen LogP contribution in [0.3, 0.4) is 0 Å². The van der Waals surface area contributed by atoms with Crippen LogP contribution in [-0.2, 0) is 0 Å². The van der Waals surface area contributed by atoms with Gasteiger partial charge in [0.1, 0.15) is 0 Å². The van der Waals surface area contributed by atoms with Crippen molar-refractivity contribution in [1.29, 1.82) is 0 Å². The Kier molecular flexibility index (Phi) is 0.818. The normalized spacial score (nSPS) is 23.8. The lowest BCUT2D eigenvalue weighted by Gasteiger charge is -1.97. The first-order chi connectivity index (χ1) is 4.36. The van der Waals surface area contributed by atoms with Gasteiger partial charge in [-0.3, -0.25) is 0 Å². The Labute approximate surface area is 53.6 Å². The van der Waals surface area contributed by atoms with E-state index in [0.717, 1.165) is 18.7 Å². The van der Waals surface area contributed by atoms with Gasteiger partial charge in [-0.1, -0.05) is 0 Å². The molecule has 0 spiro atoms. The van der Waals surface area contributed by atoms with Gasteiger partial charge < -0.3 is 11.2 Å². The van der Waals surface area contributed by atoms with Crippen LogP contribution in [0.4, 0.5) is 0 Å². The molecule has 1 heterocycles. The summed E-state index contributed by atoms with van der Waals surface area (Å²) in [5.41, 5.74) is 15.1. The van der Waals surface area contributed by atoms with E-state index in [1.54, 1.807) is 0 Å². The quantitative estimate of drug-likeness (QED) is 0.410. The minimum Gasteiger partial charge on any atom is -0.402 e. The van der Waals surface area contributed by atoms with Crippen molar-refractivity contribution in [3.05, 3.63) is 23.0 Å². The summed E-state index contributed by atoms with van der Waals surface area (Å²) in [4.78, 5) is 0. The predicted octanol–water partition coefficient (Wildman–Crippen LogP) is -0.405. The summed E-state index contributed by atoms with van der Waals surface area (Å²) < 4.78 is 0. The smallest absolute Gasteiger partial charge is 0.0514 e. The van der Waals surface area contributed by atoms with Crippen LogP contribution in [0.25, 0.3) is 0 Å². The zero-order valence-electron chi connectivity index (χ0n) is 5.07. The highest BCUT2D eigenvalue weighted by Crippen LogP contribution is 2.21. The van der Waals surface area contributed by atoms with E-state index in [1.165, 1.54) is 11.3 Å². The third-order valence-corrected chi connectivity index (χ3v) is 1.65. The lowest BCUT2D eigenvalue weighted by molar-refractivity contribution is 0.699. The Morgan fingerprint density at radius 2 is 2.44 bits per heavy atom. The van der Waals surface area contributed by atoms with Gasteiger partial charge in [0.15, 0.2) is 0 Å². The number of allylic oxidation sites excluding steroid dienone is 2. The summed E-state index contributed by atoms with van der Waals surface area (Å²) in [5, 5.41) is 0. The van der Waals surface area contributed by atoms with Crippen molar-refractivity contribution < 1.29 is 0 Å². The monoisotopic (exact) mass is 123 g/mol. The van der Waals surface area contributed by atoms with E-state index in [9.17, 15) is 0 Å². The molecular weight excluding hydrogens is 114 g/mol. The maximum atomic E-state index is 5.58. The van der Waals surface area contributed by atoms with Crippen LogP contribution < -0.4 is 16.6 Å². The van der Waals surface area contributed by atoms with Crippen LogP contribution in [0.1, 0.15) is 6.42 Å². The standard InChI is InChI=1S/C6H9N3/c7-5-1-4-3-8-9-6(4)2-5/h2,8-9H,1,3,7H2. The van der Waals surface area contributed by atoms with Crippen LogP contribution in [0.15, 0.2) is 23.0 Å². The summed E-state index contributed by atoms with van der Waals surface area (Å²) in [6, 6.07) is 0. The second-order valence-corrected chi connectivity index (χ2v) is 2.39.